The first-order valence-electron chi connectivity index (χ1n) is 7.11. The first-order chi connectivity index (χ1) is 8.55. The van der Waals surface area contributed by atoms with Crippen LogP contribution in [0.3, 0.4) is 0 Å². The molecule has 1 heteroatoms. The summed E-state index contributed by atoms with van der Waals surface area (Å²) in [5.41, 5.74) is 10.2. The fourth-order valence-electron chi connectivity index (χ4n) is 3.98. The van der Waals surface area contributed by atoms with E-state index in [4.69, 9.17) is 5.73 Å². The van der Waals surface area contributed by atoms with E-state index < -0.39 is 0 Å². The van der Waals surface area contributed by atoms with E-state index >= 15 is 0 Å². The molecule has 2 unspecified atom stereocenters. The summed E-state index contributed by atoms with van der Waals surface area (Å²) in [6.07, 6.45) is 7.80. The van der Waals surface area contributed by atoms with Crippen LogP contribution in [0, 0.1) is 11.8 Å². The highest BCUT2D eigenvalue weighted by Crippen LogP contribution is 2.48. The Balaban J connectivity index is 1.92. The maximum Gasteiger partial charge on any atom is 0.0314 e. The van der Waals surface area contributed by atoms with Gasteiger partial charge in [0.15, 0.2) is 0 Å². The van der Waals surface area contributed by atoms with Gasteiger partial charge in [-0.05, 0) is 60.6 Å². The highest BCUT2D eigenvalue weighted by molar-refractivity contribution is 5.42. The van der Waals surface area contributed by atoms with Gasteiger partial charge in [-0.25, -0.2) is 0 Å². The fourth-order valence-corrected chi connectivity index (χ4v) is 3.98. The van der Waals surface area contributed by atoms with E-state index in [1.165, 1.54) is 31.2 Å². The third-order valence-electron chi connectivity index (χ3n) is 4.74. The minimum absolute atomic E-state index is 0.320. The Kier molecular flexibility index (Phi) is 2.73. The Morgan fingerprint density at radius 3 is 2.44 bits per heavy atom. The largest absolute Gasteiger partial charge is 0.399 e. The van der Waals surface area contributed by atoms with Gasteiger partial charge in [0.1, 0.15) is 0 Å². The van der Waals surface area contributed by atoms with Crippen LogP contribution in [0.5, 0.6) is 0 Å². The Morgan fingerprint density at radius 2 is 1.78 bits per heavy atom. The number of hydrogen-bond acceptors (Lipinski definition) is 1. The Bertz CT molecular complexity index is 463. The van der Waals surface area contributed by atoms with E-state index in [1.807, 2.05) is 12.1 Å². The van der Waals surface area contributed by atoms with Crippen molar-refractivity contribution in [1.29, 1.82) is 0 Å². The van der Waals surface area contributed by atoms with Crippen molar-refractivity contribution in [1.82, 2.24) is 0 Å². The summed E-state index contributed by atoms with van der Waals surface area (Å²) in [6, 6.07) is 8.55. The summed E-state index contributed by atoms with van der Waals surface area (Å²) < 4.78 is 0. The van der Waals surface area contributed by atoms with E-state index in [9.17, 15) is 0 Å². The zero-order chi connectivity index (χ0) is 12.8. The third kappa shape index (κ3) is 2.07. The Hall–Kier alpha value is -1.24. The van der Waals surface area contributed by atoms with Gasteiger partial charge in [0.05, 0.1) is 0 Å². The highest BCUT2D eigenvalue weighted by Gasteiger charge is 2.37. The normalized spacial score (nSPS) is 35.1. The molecule has 4 rings (SSSR count). The number of rotatable bonds is 1. The lowest BCUT2D eigenvalue weighted by atomic mass is 9.62. The lowest BCUT2D eigenvalue weighted by molar-refractivity contribution is 0.242. The van der Waals surface area contributed by atoms with E-state index in [0.29, 0.717) is 11.3 Å². The first kappa shape index (κ1) is 11.8. The number of allylic oxidation sites excluding steroid dienone is 2. The van der Waals surface area contributed by atoms with Crippen LogP contribution < -0.4 is 5.73 Å². The molecule has 18 heavy (non-hydrogen) atoms. The minimum Gasteiger partial charge on any atom is -0.399 e. The highest BCUT2D eigenvalue weighted by atomic mass is 14.5. The predicted octanol–water partition coefficient (Wildman–Crippen LogP) is 4.29. The molecule has 2 atom stereocenters. The van der Waals surface area contributed by atoms with Gasteiger partial charge in [-0.3, -0.25) is 0 Å². The quantitative estimate of drug-likeness (QED) is 0.576. The van der Waals surface area contributed by atoms with Crippen LogP contribution in [0.25, 0.3) is 0 Å². The number of benzene rings is 1. The molecule has 0 spiro atoms. The van der Waals surface area contributed by atoms with Crippen molar-refractivity contribution in [3.05, 3.63) is 41.5 Å². The van der Waals surface area contributed by atoms with Gasteiger partial charge in [-0.2, -0.15) is 0 Å². The van der Waals surface area contributed by atoms with Gasteiger partial charge in [-0.15, -0.1) is 0 Å². The van der Waals surface area contributed by atoms with Crippen molar-refractivity contribution in [3.63, 3.8) is 0 Å². The molecule has 0 heterocycles. The average Bonchev–Trinajstić information content (AvgIpc) is 2.24. The van der Waals surface area contributed by atoms with E-state index in [0.717, 1.165) is 11.6 Å². The molecular weight excluding hydrogens is 218 g/mol. The smallest absolute Gasteiger partial charge is 0.0314 e. The van der Waals surface area contributed by atoms with Gasteiger partial charge in [0.2, 0.25) is 0 Å². The lowest BCUT2D eigenvalue weighted by Gasteiger charge is -2.43. The molecule has 1 nitrogen and oxygen atoms in total. The molecule has 3 aliphatic carbocycles. The summed E-state index contributed by atoms with van der Waals surface area (Å²) in [5.74, 6) is 1.61. The summed E-state index contributed by atoms with van der Waals surface area (Å²) in [7, 11) is 0. The zero-order valence-corrected chi connectivity index (χ0v) is 11.4. The second kappa shape index (κ2) is 4.15. The van der Waals surface area contributed by atoms with Crippen molar-refractivity contribution in [2.45, 2.75) is 44.9 Å². The monoisotopic (exact) mass is 241 g/mol. The van der Waals surface area contributed by atoms with Crippen molar-refractivity contribution in [3.8, 4) is 0 Å². The molecule has 1 fully saturated rings. The van der Waals surface area contributed by atoms with Crippen molar-refractivity contribution in [2.24, 2.45) is 11.8 Å². The number of hydrogen-bond donors (Lipinski definition) is 1. The van der Waals surface area contributed by atoms with E-state index in [1.54, 1.807) is 5.57 Å². The molecular formula is C17H23N. The van der Waals surface area contributed by atoms with Crippen LogP contribution in [0.15, 0.2) is 35.9 Å². The fraction of sp³-hybridized carbons (Fsp3) is 0.529. The number of anilines is 1. The van der Waals surface area contributed by atoms with Crippen molar-refractivity contribution in [2.75, 3.05) is 5.73 Å². The minimum atomic E-state index is 0.320. The molecule has 1 aromatic rings. The predicted molar refractivity (Wildman–Crippen MR) is 77.4 cm³/mol. The van der Waals surface area contributed by atoms with Gasteiger partial charge in [0.25, 0.3) is 0 Å². The third-order valence-corrected chi connectivity index (χ3v) is 4.74. The molecule has 2 bridgehead atoms. The maximum absolute atomic E-state index is 5.81. The van der Waals surface area contributed by atoms with Gasteiger partial charge in [-0.1, -0.05) is 37.6 Å². The van der Waals surface area contributed by atoms with E-state index in [-0.39, 0.29) is 0 Å². The summed E-state index contributed by atoms with van der Waals surface area (Å²) in [6.45, 7) is 4.80. The first-order valence-corrected chi connectivity index (χ1v) is 7.11. The van der Waals surface area contributed by atoms with Crippen LogP contribution in [-0.2, 0) is 5.41 Å². The molecule has 0 amide bonds. The van der Waals surface area contributed by atoms with Crippen molar-refractivity contribution < 1.29 is 0 Å². The topological polar surface area (TPSA) is 26.0 Å². The van der Waals surface area contributed by atoms with Crippen LogP contribution in [0.4, 0.5) is 5.69 Å². The second-order valence-corrected chi connectivity index (χ2v) is 6.67. The lowest BCUT2D eigenvalue weighted by Crippen LogP contribution is -2.33. The van der Waals surface area contributed by atoms with Crippen LogP contribution in [-0.4, -0.2) is 0 Å². The molecule has 2 N–H and O–H groups in total. The molecule has 0 aliphatic heterocycles. The summed E-state index contributed by atoms with van der Waals surface area (Å²) in [4.78, 5) is 0. The van der Waals surface area contributed by atoms with E-state index in [2.05, 4.69) is 32.1 Å². The molecule has 3 aliphatic rings. The van der Waals surface area contributed by atoms with Crippen LogP contribution in [0.2, 0.25) is 0 Å². The molecule has 1 aromatic carbocycles. The van der Waals surface area contributed by atoms with Gasteiger partial charge in [0, 0.05) is 5.69 Å². The van der Waals surface area contributed by atoms with Crippen LogP contribution >= 0.6 is 0 Å². The SMILES string of the molecule is CC1C=C2CC(C2)CC(C)(c2ccc(N)cc2)C1. The molecule has 0 aromatic heterocycles. The molecule has 0 saturated heterocycles. The van der Waals surface area contributed by atoms with Crippen LogP contribution in [0.1, 0.15) is 45.1 Å². The molecule has 1 saturated carbocycles. The molecule has 96 valence electrons. The average molecular weight is 241 g/mol. The standard InChI is InChI=1S/C17H23N/c1-12-7-13-8-14(9-13)11-17(2,10-12)15-3-5-16(18)6-4-15/h3-7,12,14H,8-11,18H2,1-2H3. The Morgan fingerprint density at radius 1 is 1.11 bits per heavy atom. The second-order valence-electron chi connectivity index (χ2n) is 6.67. The Labute approximate surface area is 110 Å². The number of nitrogens with two attached hydrogens (primary N) is 1. The summed E-state index contributed by atoms with van der Waals surface area (Å²) in [5, 5.41) is 0. The summed E-state index contributed by atoms with van der Waals surface area (Å²) >= 11 is 0. The zero-order valence-electron chi connectivity index (χ0n) is 11.4. The van der Waals surface area contributed by atoms with Gasteiger partial charge < -0.3 is 5.73 Å². The van der Waals surface area contributed by atoms with Gasteiger partial charge >= 0.3 is 0 Å². The maximum atomic E-state index is 5.81. The van der Waals surface area contributed by atoms with Crippen molar-refractivity contribution >= 4 is 5.69 Å². The number of nitrogen functional groups attached to an aromatic ring is 1. The number of fused-ring (bicyclic) bond motifs is 4. The molecule has 0 radical (unpaired) electrons.